The first kappa shape index (κ1) is 15.3. The lowest BCUT2D eigenvalue weighted by atomic mass is 10.1. The number of carbonyl (C=O) groups excluding carboxylic acids is 1. The number of anilines is 1. The fourth-order valence-electron chi connectivity index (χ4n) is 2.17. The molecule has 0 radical (unpaired) electrons. The molecule has 0 aliphatic heterocycles. The molecular weight excluding hydrogens is 271 g/mol. The lowest BCUT2D eigenvalue weighted by Crippen LogP contribution is -2.30. The van der Waals surface area contributed by atoms with Gasteiger partial charge in [0, 0.05) is 17.3 Å². The van der Waals surface area contributed by atoms with E-state index in [-0.39, 0.29) is 24.3 Å². The van der Waals surface area contributed by atoms with Crippen molar-refractivity contribution >= 4 is 11.6 Å². The third-order valence-corrected chi connectivity index (χ3v) is 3.24. The molecule has 5 heteroatoms. The second kappa shape index (κ2) is 6.54. The van der Waals surface area contributed by atoms with Crippen molar-refractivity contribution in [3.63, 3.8) is 0 Å². The van der Waals surface area contributed by atoms with Gasteiger partial charge in [0.1, 0.15) is 17.3 Å². The predicted molar refractivity (Wildman–Crippen MR) is 79.6 cm³/mol. The highest BCUT2D eigenvalue weighted by Crippen LogP contribution is 2.20. The highest BCUT2D eigenvalue weighted by atomic mass is 19.1. The van der Waals surface area contributed by atoms with Crippen molar-refractivity contribution in [2.24, 2.45) is 0 Å². The van der Waals surface area contributed by atoms with E-state index in [1.165, 1.54) is 24.3 Å². The molecule has 0 saturated carbocycles. The van der Waals surface area contributed by atoms with Crippen LogP contribution < -0.4 is 10.6 Å². The summed E-state index contributed by atoms with van der Waals surface area (Å²) in [5.41, 5.74) is 1.62. The summed E-state index contributed by atoms with van der Waals surface area (Å²) in [6.07, 6.45) is 0. The summed E-state index contributed by atoms with van der Waals surface area (Å²) < 4.78 is 18.2. The predicted octanol–water partition coefficient (Wildman–Crippen LogP) is 3.32. The number of hydrogen-bond donors (Lipinski definition) is 2. The minimum absolute atomic E-state index is 0.0152. The van der Waals surface area contributed by atoms with E-state index in [9.17, 15) is 9.18 Å². The van der Waals surface area contributed by atoms with Crippen LogP contribution in [0.5, 0.6) is 0 Å². The maximum atomic E-state index is 12.8. The summed E-state index contributed by atoms with van der Waals surface area (Å²) in [7, 11) is 0. The normalized spacial score (nSPS) is 12.2. The molecule has 112 valence electrons. The molecule has 0 aliphatic carbocycles. The van der Waals surface area contributed by atoms with Crippen LogP contribution in [-0.2, 0) is 4.79 Å². The second-order valence-corrected chi connectivity index (χ2v) is 5.03. The van der Waals surface area contributed by atoms with Gasteiger partial charge in [0.15, 0.2) is 0 Å². The zero-order valence-electron chi connectivity index (χ0n) is 12.4. The monoisotopic (exact) mass is 290 g/mol. The van der Waals surface area contributed by atoms with Crippen molar-refractivity contribution in [3.05, 3.63) is 53.2 Å². The van der Waals surface area contributed by atoms with E-state index in [1.54, 1.807) is 0 Å². The standard InChI is InChI=1S/C16H19FN2O2/c1-10-8-15(12(3)21-10)11(2)18-9-16(20)19-14-6-4-13(17)5-7-14/h4-8,11,18H,9H2,1-3H3,(H,19,20). The van der Waals surface area contributed by atoms with Gasteiger partial charge in [-0.3, -0.25) is 4.79 Å². The molecule has 1 unspecified atom stereocenters. The van der Waals surface area contributed by atoms with Crippen molar-refractivity contribution in [1.82, 2.24) is 5.32 Å². The average molecular weight is 290 g/mol. The zero-order valence-corrected chi connectivity index (χ0v) is 12.4. The van der Waals surface area contributed by atoms with Gasteiger partial charge in [0.05, 0.1) is 6.54 Å². The van der Waals surface area contributed by atoms with Gasteiger partial charge in [-0.25, -0.2) is 4.39 Å². The van der Waals surface area contributed by atoms with Crippen LogP contribution in [-0.4, -0.2) is 12.5 Å². The van der Waals surface area contributed by atoms with E-state index in [1.807, 2.05) is 26.8 Å². The van der Waals surface area contributed by atoms with E-state index < -0.39 is 0 Å². The van der Waals surface area contributed by atoms with Crippen LogP contribution in [0.3, 0.4) is 0 Å². The van der Waals surface area contributed by atoms with Crippen molar-refractivity contribution in [2.45, 2.75) is 26.8 Å². The summed E-state index contributed by atoms with van der Waals surface area (Å²) in [5, 5.41) is 5.84. The first-order chi connectivity index (χ1) is 9.95. The minimum atomic E-state index is -0.328. The molecule has 0 aliphatic rings. The molecule has 1 aromatic carbocycles. The summed E-state index contributed by atoms with van der Waals surface area (Å²) >= 11 is 0. The third kappa shape index (κ3) is 4.16. The quantitative estimate of drug-likeness (QED) is 0.888. The topological polar surface area (TPSA) is 54.3 Å². The molecule has 0 bridgehead atoms. The van der Waals surface area contributed by atoms with E-state index in [0.29, 0.717) is 5.69 Å². The SMILES string of the molecule is Cc1cc(C(C)NCC(=O)Nc2ccc(F)cc2)c(C)o1. The average Bonchev–Trinajstić information content (AvgIpc) is 2.78. The van der Waals surface area contributed by atoms with Gasteiger partial charge < -0.3 is 15.1 Å². The first-order valence-corrected chi connectivity index (χ1v) is 6.81. The number of halogens is 1. The number of amides is 1. The molecule has 1 aromatic heterocycles. The Hall–Kier alpha value is -2.14. The van der Waals surface area contributed by atoms with Gasteiger partial charge in [-0.05, 0) is 51.1 Å². The van der Waals surface area contributed by atoms with Crippen LogP contribution in [0.4, 0.5) is 10.1 Å². The maximum Gasteiger partial charge on any atom is 0.238 e. The molecule has 2 aromatic rings. The maximum absolute atomic E-state index is 12.8. The zero-order chi connectivity index (χ0) is 15.4. The Morgan fingerprint density at radius 1 is 1.29 bits per heavy atom. The Bertz CT molecular complexity index is 620. The van der Waals surface area contributed by atoms with Crippen LogP contribution in [0.25, 0.3) is 0 Å². The van der Waals surface area contributed by atoms with Gasteiger partial charge in [-0.2, -0.15) is 0 Å². The molecule has 0 spiro atoms. The third-order valence-electron chi connectivity index (χ3n) is 3.24. The van der Waals surface area contributed by atoms with Crippen LogP contribution in [0.1, 0.15) is 30.0 Å². The van der Waals surface area contributed by atoms with Gasteiger partial charge in [-0.1, -0.05) is 0 Å². The van der Waals surface area contributed by atoms with Crippen LogP contribution >= 0.6 is 0 Å². The van der Waals surface area contributed by atoms with Crippen LogP contribution in [0, 0.1) is 19.7 Å². The molecule has 2 N–H and O–H groups in total. The Morgan fingerprint density at radius 2 is 1.95 bits per heavy atom. The fourth-order valence-corrected chi connectivity index (χ4v) is 2.17. The minimum Gasteiger partial charge on any atom is -0.466 e. The van der Waals surface area contributed by atoms with E-state index in [2.05, 4.69) is 10.6 Å². The lowest BCUT2D eigenvalue weighted by Gasteiger charge is -2.13. The molecule has 4 nitrogen and oxygen atoms in total. The van der Waals surface area contributed by atoms with E-state index >= 15 is 0 Å². The molecule has 1 heterocycles. The van der Waals surface area contributed by atoms with E-state index in [4.69, 9.17) is 4.42 Å². The van der Waals surface area contributed by atoms with Crippen molar-refractivity contribution < 1.29 is 13.6 Å². The molecule has 0 fully saturated rings. The summed E-state index contributed by atoms with van der Waals surface area (Å²) in [6.45, 7) is 5.94. The molecule has 2 rings (SSSR count). The largest absolute Gasteiger partial charge is 0.466 e. The van der Waals surface area contributed by atoms with Crippen molar-refractivity contribution in [2.75, 3.05) is 11.9 Å². The first-order valence-electron chi connectivity index (χ1n) is 6.81. The Kier molecular flexibility index (Phi) is 4.75. The van der Waals surface area contributed by atoms with Gasteiger partial charge in [0.2, 0.25) is 5.91 Å². The second-order valence-electron chi connectivity index (χ2n) is 5.03. The lowest BCUT2D eigenvalue weighted by molar-refractivity contribution is -0.115. The molecule has 1 atom stereocenters. The Balaban J connectivity index is 1.86. The number of benzene rings is 1. The summed E-state index contributed by atoms with van der Waals surface area (Å²) in [5.74, 6) is 1.20. The number of aryl methyl sites for hydroxylation is 2. The summed E-state index contributed by atoms with van der Waals surface area (Å²) in [6, 6.07) is 7.65. The number of rotatable bonds is 5. The fraction of sp³-hybridized carbons (Fsp3) is 0.312. The van der Waals surface area contributed by atoms with E-state index in [0.717, 1.165) is 17.1 Å². The Labute approximate surface area is 123 Å². The Morgan fingerprint density at radius 3 is 2.52 bits per heavy atom. The number of nitrogens with one attached hydrogen (secondary N) is 2. The molecule has 0 saturated heterocycles. The number of carbonyl (C=O) groups is 1. The van der Waals surface area contributed by atoms with Gasteiger partial charge >= 0.3 is 0 Å². The van der Waals surface area contributed by atoms with Gasteiger partial charge in [-0.15, -0.1) is 0 Å². The highest BCUT2D eigenvalue weighted by Gasteiger charge is 2.13. The highest BCUT2D eigenvalue weighted by molar-refractivity contribution is 5.92. The summed E-state index contributed by atoms with van der Waals surface area (Å²) in [4.78, 5) is 11.8. The molecule has 21 heavy (non-hydrogen) atoms. The molecular formula is C16H19FN2O2. The van der Waals surface area contributed by atoms with Crippen molar-refractivity contribution in [3.8, 4) is 0 Å². The van der Waals surface area contributed by atoms with Gasteiger partial charge in [0.25, 0.3) is 0 Å². The number of furan rings is 1. The van der Waals surface area contributed by atoms with Crippen LogP contribution in [0.15, 0.2) is 34.7 Å². The van der Waals surface area contributed by atoms with Crippen molar-refractivity contribution in [1.29, 1.82) is 0 Å². The number of hydrogen-bond acceptors (Lipinski definition) is 3. The van der Waals surface area contributed by atoms with Crippen LogP contribution in [0.2, 0.25) is 0 Å². The smallest absolute Gasteiger partial charge is 0.238 e. The molecule has 1 amide bonds.